The van der Waals surface area contributed by atoms with Gasteiger partial charge in [-0.15, -0.1) is 0 Å². The van der Waals surface area contributed by atoms with Crippen LogP contribution in [0.25, 0.3) is 0 Å². The Morgan fingerprint density at radius 3 is 2.68 bits per heavy atom. The van der Waals surface area contributed by atoms with Gasteiger partial charge in [-0.1, -0.05) is 6.42 Å². The fraction of sp³-hybridized carbons (Fsp3) is 0.875. The first-order chi connectivity index (χ1) is 10.6. The predicted molar refractivity (Wildman–Crippen MR) is 79.4 cm³/mol. The monoisotopic (exact) mass is 313 g/mol. The Bertz CT molecular complexity index is 387. The number of hydrogen-bond acceptors (Lipinski definition) is 6. The Hall–Kier alpha value is -1.14. The lowest BCUT2D eigenvalue weighted by atomic mass is 9.77. The van der Waals surface area contributed by atoms with Gasteiger partial charge in [0.1, 0.15) is 6.61 Å². The van der Waals surface area contributed by atoms with Crippen LogP contribution in [0.4, 0.5) is 0 Å². The maximum atomic E-state index is 11.2. The highest BCUT2D eigenvalue weighted by atomic mass is 16.7. The lowest BCUT2D eigenvalue weighted by Crippen LogP contribution is -2.34. The van der Waals surface area contributed by atoms with Gasteiger partial charge in [0.15, 0.2) is 0 Å². The molecule has 3 aliphatic carbocycles. The first-order valence-electron chi connectivity index (χ1n) is 8.23. The molecule has 0 aromatic carbocycles. The maximum absolute atomic E-state index is 11.2. The topological polar surface area (TPSA) is 87.8 Å². The summed E-state index contributed by atoms with van der Waals surface area (Å²) in [7, 11) is 0. The van der Waals surface area contributed by atoms with E-state index >= 15 is 0 Å². The van der Waals surface area contributed by atoms with E-state index in [1.807, 2.05) is 0 Å². The van der Waals surface area contributed by atoms with E-state index in [1.165, 1.54) is 13.3 Å². The van der Waals surface area contributed by atoms with E-state index < -0.39 is 5.97 Å². The summed E-state index contributed by atoms with van der Waals surface area (Å²) < 4.78 is 11.0. The molecule has 3 aliphatic rings. The molecule has 0 aliphatic heterocycles. The van der Waals surface area contributed by atoms with Crippen molar-refractivity contribution >= 4 is 11.9 Å². The molecule has 0 amide bonds. The maximum Gasteiger partial charge on any atom is 0.350 e. The van der Waals surface area contributed by atoms with Crippen LogP contribution in [0, 0.1) is 17.8 Å². The standard InChI is InChI=1S/C16H27NO5/c1-11(18)20-9-13-3-2-4-14-6-5-12(7-13)8-15(14)21-10-16(19)22-17/h12-15H,2-10,17H2,1H3. The average Bonchev–Trinajstić information content (AvgIpc) is 2.65. The quantitative estimate of drug-likeness (QED) is 0.616. The summed E-state index contributed by atoms with van der Waals surface area (Å²) in [6.07, 6.45) is 7.81. The summed E-state index contributed by atoms with van der Waals surface area (Å²) in [6.45, 7) is 1.92. The van der Waals surface area contributed by atoms with Crippen molar-refractivity contribution in [2.75, 3.05) is 13.2 Å². The van der Waals surface area contributed by atoms with Gasteiger partial charge in [-0.2, -0.15) is 5.90 Å². The molecule has 0 saturated heterocycles. The molecule has 126 valence electrons. The van der Waals surface area contributed by atoms with Crippen molar-refractivity contribution in [3.63, 3.8) is 0 Å². The van der Waals surface area contributed by atoms with E-state index in [0.717, 1.165) is 38.5 Å². The van der Waals surface area contributed by atoms with Gasteiger partial charge in [-0.25, -0.2) is 4.79 Å². The van der Waals surface area contributed by atoms with Gasteiger partial charge >= 0.3 is 11.9 Å². The van der Waals surface area contributed by atoms with Crippen molar-refractivity contribution in [3.8, 4) is 0 Å². The number of esters is 1. The number of ether oxygens (including phenoxy) is 2. The number of fused-ring (bicyclic) bond motifs is 6. The van der Waals surface area contributed by atoms with Gasteiger partial charge in [-0.05, 0) is 56.3 Å². The van der Waals surface area contributed by atoms with E-state index in [1.54, 1.807) is 0 Å². The van der Waals surface area contributed by atoms with E-state index in [9.17, 15) is 9.59 Å². The molecule has 4 atom stereocenters. The minimum atomic E-state index is -0.525. The molecule has 3 rings (SSSR count). The molecule has 2 bridgehead atoms. The van der Waals surface area contributed by atoms with Crippen molar-refractivity contribution in [3.05, 3.63) is 0 Å². The molecule has 22 heavy (non-hydrogen) atoms. The van der Waals surface area contributed by atoms with Gasteiger partial charge in [-0.3, -0.25) is 4.79 Å². The van der Waals surface area contributed by atoms with Crippen LogP contribution in [0.1, 0.15) is 51.9 Å². The fourth-order valence-electron chi connectivity index (χ4n) is 3.88. The number of carbonyl (C=O) groups excluding carboxylic acids is 2. The van der Waals surface area contributed by atoms with E-state index in [0.29, 0.717) is 24.4 Å². The molecule has 3 fully saturated rings. The molecule has 0 aromatic heterocycles. The van der Waals surface area contributed by atoms with Gasteiger partial charge in [0, 0.05) is 6.92 Å². The van der Waals surface area contributed by atoms with Crippen LogP contribution >= 0.6 is 0 Å². The Balaban J connectivity index is 1.89. The molecule has 0 spiro atoms. The number of nitrogens with two attached hydrogens (primary N) is 1. The van der Waals surface area contributed by atoms with Crippen LogP contribution in [0.15, 0.2) is 0 Å². The molecule has 0 heterocycles. The second kappa shape index (κ2) is 8.48. The molecule has 6 nitrogen and oxygen atoms in total. The Kier molecular flexibility index (Phi) is 6.64. The highest BCUT2D eigenvalue weighted by Gasteiger charge is 2.34. The molecular weight excluding hydrogens is 286 g/mol. The molecule has 0 aromatic rings. The van der Waals surface area contributed by atoms with Gasteiger partial charge < -0.3 is 14.3 Å². The third-order valence-corrected chi connectivity index (χ3v) is 4.96. The second-order valence-electron chi connectivity index (χ2n) is 6.61. The van der Waals surface area contributed by atoms with E-state index in [2.05, 4.69) is 4.84 Å². The minimum Gasteiger partial charge on any atom is -0.466 e. The van der Waals surface area contributed by atoms with Crippen LogP contribution < -0.4 is 5.90 Å². The molecule has 2 N–H and O–H groups in total. The number of rotatable bonds is 5. The Labute approximate surface area is 131 Å². The highest BCUT2D eigenvalue weighted by Crippen LogP contribution is 2.40. The van der Waals surface area contributed by atoms with Crippen molar-refractivity contribution in [2.24, 2.45) is 23.7 Å². The molecule has 3 saturated carbocycles. The predicted octanol–water partition coefficient (Wildman–Crippen LogP) is 1.96. The zero-order valence-electron chi connectivity index (χ0n) is 13.3. The molecular formula is C16H27NO5. The SMILES string of the molecule is CC(=O)OCC1CCCC2CCC(C1)CC2OCC(=O)ON. The molecule has 0 radical (unpaired) electrons. The zero-order valence-corrected chi connectivity index (χ0v) is 13.3. The molecule has 6 heteroatoms. The van der Waals surface area contributed by atoms with E-state index in [-0.39, 0.29) is 18.7 Å². The summed E-state index contributed by atoms with van der Waals surface area (Å²) in [5.41, 5.74) is 0. The lowest BCUT2D eigenvalue weighted by Gasteiger charge is -2.35. The first-order valence-corrected chi connectivity index (χ1v) is 8.23. The van der Waals surface area contributed by atoms with Crippen molar-refractivity contribution < 1.29 is 23.9 Å². The number of hydrogen-bond donors (Lipinski definition) is 1. The average molecular weight is 313 g/mol. The Morgan fingerprint density at radius 1 is 1.14 bits per heavy atom. The molecule has 4 unspecified atom stereocenters. The van der Waals surface area contributed by atoms with Gasteiger partial charge in [0.25, 0.3) is 0 Å². The third kappa shape index (κ3) is 5.25. The highest BCUT2D eigenvalue weighted by molar-refractivity contribution is 5.70. The first kappa shape index (κ1) is 17.2. The Morgan fingerprint density at radius 2 is 1.95 bits per heavy atom. The van der Waals surface area contributed by atoms with Crippen LogP contribution in [-0.4, -0.2) is 31.3 Å². The van der Waals surface area contributed by atoms with Gasteiger partial charge in [0.05, 0.1) is 12.7 Å². The lowest BCUT2D eigenvalue weighted by molar-refractivity contribution is -0.154. The van der Waals surface area contributed by atoms with Crippen molar-refractivity contribution in [1.82, 2.24) is 0 Å². The van der Waals surface area contributed by atoms with Crippen LogP contribution in [-0.2, 0) is 23.9 Å². The smallest absolute Gasteiger partial charge is 0.350 e. The summed E-state index contributed by atoms with van der Waals surface area (Å²) in [4.78, 5) is 26.3. The third-order valence-electron chi connectivity index (χ3n) is 4.96. The largest absolute Gasteiger partial charge is 0.466 e. The second-order valence-corrected chi connectivity index (χ2v) is 6.61. The summed E-state index contributed by atoms with van der Waals surface area (Å²) in [5, 5.41) is 0. The van der Waals surface area contributed by atoms with E-state index in [4.69, 9.17) is 15.4 Å². The number of carbonyl (C=O) groups is 2. The summed E-state index contributed by atoms with van der Waals surface area (Å²) in [5.74, 6) is 5.65. The summed E-state index contributed by atoms with van der Waals surface area (Å²) >= 11 is 0. The summed E-state index contributed by atoms with van der Waals surface area (Å²) in [6, 6.07) is 0. The van der Waals surface area contributed by atoms with Crippen LogP contribution in [0.3, 0.4) is 0 Å². The normalized spacial score (nSPS) is 31.7. The fourth-order valence-corrected chi connectivity index (χ4v) is 3.88. The van der Waals surface area contributed by atoms with Crippen molar-refractivity contribution in [2.45, 2.75) is 58.0 Å². The van der Waals surface area contributed by atoms with Gasteiger partial charge in [0.2, 0.25) is 0 Å². The van der Waals surface area contributed by atoms with Crippen LogP contribution in [0.5, 0.6) is 0 Å². The van der Waals surface area contributed by atoms with Crippen molar-refractivity contribution in [1.29, 1.82) is 0 Å². The van der Waals surface area contributed by atoms with Crippen LogP contribution in [0.2, 0.25) is 0 Å². The minimum absolute atomic E-state index is 0.0682. The zero-order chi connectivity index (χ0) is 15.9.